The van der Waals surface area contributed by atoms with Crippen molar-refractivity contribution in [3.05, 3.63) is 82.8 Å². The summed E-state index contributed by atoms with van der Waals surface area (Å²) in [4.78, 5) is 11.8. The second-order valence-corrected chi connectivity index (χ2v) is 5.35. The van der Waals surface area contributed by atoms with E-state index in [4.69, 9.17) is 16.0 Å². The minimum absolute atomic E-state index is 0.188. The van der Waals surface area contributed by atoms with Crippen LogP contribution in [0.4, 0.5) is 4.39 Å². The molecule has 6 heteroatoms. The van der Waals surface area contributed by atoms with Crippen LogP contribution in [0, 0.1) is 5.82 Å². The molecule has 0 fully saturated rings. The molecule has 3 rings (SSSR count). The fourth-order valence-electron chi connectivity index (χ4n) is 2.04. The SMILES string of the molecule is O=C(NN=Cc1ccc(-c2ccc(Cl)cc2)o1)c1cccc(F)c1. The van der Waals surface area contributed by atoms with E-state index in [2.05, 4.69) is 10.5 Å². The molecular formula is C18H12ClFN2O2. The minimum Gasteiger partial charge on any atom is -0.455 e. The number of halogens is 2. The number of carbonyl (C=O) groups is 1. The number of carbonyl (C=O) groups excluding carboxylic acids is 1. The molecule has 0 radical (unpaired) electrons. The predicted octanol–water partition coefficient (Wildman–Crippen LogP) is 4.50. The highest BCUT2D eigenvalue weighted by Crippen LogP contribution is 2.23. The molecule has 0 bridgehead atoms. The van der Waals surface area contributed by atoms with Gasteiger partial charge >= 0.3 is 0 Å². The summed E-state index contributed by atoms with van der Waals surface area (Å²) in [5.41, 5.74) is 3.38. The normalized spacial score (nSPS) is 10.9. The molecule has 4 nitrogen and oxygen atoms in total. The lowest BCUT2D eigenvalue weighted by Gasteiger charge is -1.99. The van der Waals surface area contributed by atoms with Crippen molar-refractivity contribution in [3.8, 4) is 11.3 Å². The van der Waals surface area contributed by atoms with Gasteiger partial charge < -0.3 is 4.42 Å². The van der Waals surface area contributed by atoms with Gasteiger partial charge in [0, 0.05) is 16.1 Å². The highest BCUT2D eigenvalue weighted by atomic mass is 35.5. The van der Waals surface area contributed by atoms with Crippen LogP contribution in [0.3, 0.4) is 0 Å². The summed E-state index contributed by atoms with van der Waals surface area (Å²) < 4.78 is 18.7. The Morgan fingerprint density at radius 3 is 2.67 bits per heavy atom. The first kappa shape index (κ1) is 16.0. The standard InChI is InChI=1S/C18H12ClFN2O2/c19-14-6-4-12(5-7-14)17-9-8-16(24-17)11-21-22-18(23)13-2-1-3-15(20)10-13/h1-11H,(H,22,23). The van der Waals surface area contributed by atoms with Crippen LogP contribution in [0.25, 0.3) is 11.3 Å². The molecule has 1 heterocycles. The van der Waals surface area contributed by atoms with Gasteiger partial charge in [0.25, 0.3) is 5.91 Å². The molecule has 0 unspecified atom stereocenters. The molecule has 24 heavy (non-hydrogen) atoms. The Labute approximate surface area is 142 Å². The molecule has 0 aliphatic carbocycles. The molecule has 0 saturated heterocycles. The lowest BCUT2D eigenvalue weighted by Crippen LogP contribution is -2.17. The van der Waals surface area contributed by atoms with Crippen LogP contribution in [-0.4, -0.2) is 12.1 Å². The Hall–Kier alpha value is -2.92. The van der Waals surface area contributed by atoms with Crippen LogP contribution in [-0.2, 0) is 0 Å². The predicted molar refractivity (Wildman–Crippen MR) is 90.6 cm³/mol. The smallest absolute Gasteiger partial charge is 0.271 e. The highest BCUT2D eigenvalue weighted by Gasteiger charge is 2.06. The number of rotatable bonds is 4. The number of hydrogen-bond donors (Lipinski definition) is 1. The molecule has 0 aliphatic rings. The molecule has 1 aromatic heterocycles. The highest BCUT2D eigenvalue weighted by molar-refractivity contribution is 6.30. The number of hydrogen-bond acceptors (Lipinski definition) is 3. The largest absolute Gasteiger partial charge is 0.455 e. The van der Waals surface area contributed by atoms with Gasteiger partial charge in [0.2, 0.25) is 0 Å². The molecule has 0 aliphatic heterocycles. The van der Waals surface area contributed by atoms with E-state index >= 15 is 0 Å². The minimum atomic E-state index is -0.504. The molecule has 0 saturated carbocycles. The molecule has 0 atom stereocenters. The van der Waals surface area contributed by atoms with Gasteiger partial charge in [0.05, 0.1) is 6.21 Å². The van der Waals surface area contributed by atoms with Crippen molar-refractivity contribution in [1.29, 1.82) is 0 Å². The number of hydrazone groups is 1. The molecule has 120 valence electrons. The summed E-state index contributed by atoms with van der Waals surface area (Å²) in [5.74, 6) is 0.143. The number of nitrogens with zero attached hydrogens (tertiary/aromatic N) is 1. The van der Waals surface area contributed by atoms with Crippen molar-refractivity contribution in [2.45, 2.75) is 0 Å². The summed E-state index contributed by atoms with van der Waals surface area (Å²) in [5, 5.41) is 4.45. The van der Waals surface area contributed by atoms with Crippen LogP contribution in [0.2, 0.25) is 5.02 Å². The molecule has 2 aromatic carbocycles. The fourth-order valence-corrected chi connectivity index (χ4v) is 2.17. The second-order valence-electron chi connectivity index (χ2n) is 4.92. The number of benzene rings is 2. The van der Waals surface area contributed by atoms with Gasteiger partial charge in [-0.05, 0) is 54.6 Å². The Morgan fingerprint density at radius 1 is 1.12 bits per heavy atom. The van der Waals surface area contributed by atoms with Crippen LogP contribution >= 0.6 is 11.6 Å². The maximum atomic E-state index is 13.1. The average molecular weight is 343 g/mol. The second kappa shape index (κ2) is 7.10. The Balaban J connectivity index is 1.65. The van der Waals surface area contributed by atoms with E-state index in [0.29, 0.717) is 16.5 Å². The van der Waals surface area contributed by atoms with Gasteiger partial charge in [0.15, 0.2) is 0 Å². The van der Waals surface area contributed by atoms with Crippen molar-refractivity contribution in [2.75, 3.05) is 0 Å². The van der Waals surface area contributed by atoms with Crippen LogP contribution in [0.1, 0.15) is 16.1 Å². The summed E-state index contributed by atoms with van der Waals surface area (Å²) in [6.07, 6.45) is 1.37. The molecular weight excluding hydrogens is 331 g/mol. The third-order valence-electron chi connectivity index (χ3n) is 3.20. The third-order valence-corrected chi connectivity index (χ3v) is 3.45. The van der Waals surface area contributed by atoms with Gasteiger partial charge in [-0.25, -0.2) is 9.82 Å². The molecule has 1 N–H and O–H groups in total. The fraction of sp³-hybridized carbons (Fsp3) is 0. The van der Waals surface area contributed by atoms with E-state index in [1.54, 1.807) is 24.3 Å². The lowest BCUT2D eigenvalue weighted by atomic mass is 10.2. The first-order valence-electron chi connectivity index (χ1n) is 7.06. The summed E-state index contributed by atoms with van der Waals surface area (Å²) in [6, 6.07) is 16.1. The van der Waals surface area contributed by atoms with E-state index in [1.165, 1.54) is 24.4 Å². The van der Waals surface area contributed by atoms with Gasteiger partial charge in [0.1, 0.15) is 17.3 Å². The number of furan rings is 1. The summed E-state index contributed by atoms with van der Waals surface area (Å²) in [7, 11) is 0. The first-order chi connectivity index (χ1) is 11.6. The number of amides is 1. The van der Waals surface area contributed by atoms with Crippen LogP contribution in [0.5, 0.6) is 0 Å². The zero-order valence-corrected chi connectivity index (χ0v) is 13.1. The van der Waals surface area contributed by atoms with Crippen molar-refractivity contribution in [2.24, 2.45) is 5.10 Å². The van der Waals surface area contributed by atoms with Crippen LogP contribution in [0.15, 0.2) is 70.2 Å². The maximum Gasteiger partial charge on any atom is 0.271 e. The monoisotopic (exact) mass is 342 g/mol. The first-order valence-corrected chi connectivity index (χ1v) is 7.44. The summed E-state index contributed by atoms with van der Waals surface area (Å²) in [6.45, 7) is 0. The van der Waals surface area contributed by atoms with Crippen LogP contribution < -0.4 is 5.43 Å². The van der Waals surface area contributed by atoms with Crippen molar-refractivity contribution in [1.82, 2.24) is 5.43 Å². The van der Waals surface area contributed by atoms with Gasteiger partial charge in [-0.3, -0.25) is 4.79 Å². The molecule has 3 aromatic rings. The van der Waals surface area contributed by atoms with E-state index in [9.17, 15) is 9.18 Å². The van der Waals surface area contributed by atoms with Crippen molar-refractivity contribution in [3.63, 3.8) is 0 Å². The maximum absolute atomic E-state index is 13.1. The average Bonchev–Trinajstić information content (AvgIpc) is 3.04. The van der Waals surface area contributed by atoms with E-state index < -0.39 is 11.7 Å². The van der Waals surface area contributed by atoms with Crippen molar-refractivity contribution >= 4 is 23.7 Å². The molecule has 0 spiro atoms. The lowest BCUT2D eigenvalue weighted by molar-refractivity contribution is 0.0954. The Kier molecular flexibility index (Phi) is 4.72. The zero-order valence-electron chi connectivity index (χ0n) is 12.4. The van der Waals surface area contributed by atoms with E-state index in [1.807, 2.05) is 12.1 Å². The van der Waals surface area contributed by atoms with E-state index in [-0.39, 0.29) is 5.56 Å². The third kappa shape index (κ3) is 3.88. The Bertz CT molecular complexity index is 888. The number of nitrogens with one attached hydrogen (secondary N) is 1. The van der Waals surface area contributed by atoms with Gasteiger partial charge in [-0.15, -0.1) is 0 Å². The quantitative estimate of drug-likeness (QED) is 0.560. The summed E-state index contributed by atoms with van der Waals surface area (Å²) >= 11 is 5.85. The van der Waals surface area contributed by atoms with Gasteiger partial charge in [-0.2, -0.15) is 5.10 Å². The zero-order chi connectivity index (χ0) is 16.9. The van der Waals surface area contributed by atoms with Crippen molar-refractivity contribution < 1.29 is 13.6 Å². The van der Waals surface area contributed by atoms with E-state index in [0.717, 1.165) is 11.6 Å². The van der Waals surface area contributed by atoms with Gasteiger partial charge in [-0.1, -0.05) is 17.7 Å². The Morgan fingerprint density at radius 2 is 1.92 bits per heavy atom. The molecule has 1 amide bonds. The topological polar surface area (TPSA) is 54.6 Å².